The number of benzene rings is 1. The van der Waals surface area contributed by atoms with E-state index in [9.17, 15) is 4.79 Å². The minimum absolute atomic E-state index is 0.151. The van der Waals surface area contributed by atoms with E-state index in [0.717, 1.165) is 0 Å². The predicted octanol–water partition coefficient (Wildman–Crippen LogP) is 3.18. The van der Waals surface area contributed by atoms with E-state index < -0.39 is 11.8 Å². The van der Waals surface area contributed by atoms with Gasteiger partial charge in [0.15, 0.2) is 17.3 Å². The highest BCUT2D eigenvalue weighted by molar-refractivity contribution is 6.31. The number of nitrogens with zero attached hydrogens (tertiary/aromatic N) is 3. The number of amides is 2. The SMILES string of the molecule is CC1(C)OC[C@@H](COc2ccc(Cl)cc2NC(=O)Nc2cnc(C#N)cn2)O1. The van der Waals surface area contributed by atoms with E-state index in [1.54, 1.807) is 18.2 Å². The zero-order valence-corrected chi connectivity index (χ0v) is 16.0. The largest absolute Gasteiger partial charge is 0.489 e. The summed E-state index contributed by atoms with van der Waals surface area (Å²) in [6.45, 7) is 4.33. The van der Waals surface area contributed by atoms with Gasteiger partial charge in [-0.3, -0.25) is 5.32 Å². The molecule has 1 aliphatic rings. The average molecular weight is 404 g/mol. The molecule has 1 saturated heterocycles. The fourth-order valence-electron chi connectivity index (χ4n) is 2.47. The van der Waals surface area contributed by atoms with Crippen LogP contribution in [0.1, 0.15) is 19.5 Å². The first-order chi connectivity index (χ1) is 13.3. The summed E-state index contributed by atoms with van der Waals surface area (Å²) in [5.41, 5.74) is 0.530. The maximum atomic E-state index is 12.2. The minimum Gasteiger partial charge on any atom is -0.489 e. The van der Waals surface area contributed by atoms with Gasteiger partial charge in [0.05, 0.1) is 24.7 Å². The van der Waals surface area contributed by atoms with Gasteiger partial charge in [-0.05, 0) is 32.0 Å². The highest BCUT2D eigenvalue weighted by Crippen LogP contribution is 2.29. The molecule has 1 atom stereocenters. The van der Waals surface area contributed by atoms with E-state index in [0.29, 0.717) is 23.1 Å². The van der Waals surface area contributed by atoms with E-state index in [4.69, 9.17) is 31.1 Å². The number of hydrogen-bond acceptors (Lipinski definition) is 7. The van der Waals surface area contributed by atoms with Gasteiger partial charge in [0.25, 0.3) is 0 Å². The van der Waals surface area contributed by atoms with Crippen LogP contribution in [0.2, 0.25) is 5.02 Å². The number of carbonyl (C=O) groups excluding carboxylic acids is 1. The molecule has 2 aromatic rings. The number of ether oxygens (including phenoxy) is 3. The monoisotopic (exact) mass is 403 g/mol. The number of rotatable bonds is 5. The Hall–Kier alpha value is -2.93. The van der Waals surface area contributed by atoms with Crippen molar-refractivity contribution >= 4 is 29.1 Å². The Kier molecular flexibility index (Phi) is 5.94. The van der Waals surface area contributed by atoms with Crippen LogP contribution in [0, 0.1) is 11.3 Å². The third-order valence-corrected chi connectivity index (χ3v) is 3.92. The number of nitriles is 1. The van der Waals surface area contributed by atoms with Crippen molar-refractivity contribution in [3.63, 3.8) is 0 Å². The van der Waals surface area contributed by atoms with E-state index in [1.807, 2.05) is 19.9 Å². The molecule has 9 nitrogen and oxygen atoms in total. The van der Waals surface area contributed by atoms with Crippen LogP contribution in [-0.4, -0.2) is 41.1 Å². The zero-order valence-electron chi connectivity index (χ0n) is 15.2. The lowest BCUT2D eigenvalue weighted by atomic mass is 10.3. The molecular formula is C18H18ClN5O4. The Morgan fingerprint density at radius 3 is 2.86 bits per heavy atom. The summed E-state index contributed by atoms with van der Waals surface area (Å²) in [7, 11) is 0. The standard InChI is InChI=1S/C18H18ClN5O4/c1-18(2)27-10-13(28-18)9-26-15-4-3-11(19)5-14(15)23-17(25)24-16-8-21-12(6-20)7-22-16/h3-5,7-8,13H,9-10H2,1-2H3,(H2,22,23,24,25)/t13-/m1/s1. The Labute approximate surface area is 166 Å². The average Bonchev–Trinajstić information content (AvgIpc) is 3.00. The second-order valence-corrected chi connectivity index (χ2v) is 6.82. The maximum Gasteiger partial charge on any atom is 0.325 e. The van der Waals surface area contributed by atoms with Crippen molar-refractivity contribution in [2.45, 2.75) is 25.7 Å². The first-order valence-corrected chi connectivity index (χ1v) is 8.77. The van der Waals surface area contributed by atoms with Crippen LogP contribution in [0.4, 0.5) is 16.3 Å². The fourth-order valence-corrected chi connectivity index (χ4v) is 2.65. The van der Waals surface area contributed by atoms with Crippen LogP contribution in [-0.2, 0) is 9.47 Å². The molecule has 1 fully saturated rings. The molecule has 10 heteroatoms. The molecule has 3 rings (SSSR count). The van der Waals surface area contributed by atoms with Crippen molar-refractivity contribution in [3.8, 4) is 11.8 Å². The van der Waals surface area contributed by atoms with Crippen molar-refractivity contribution in [1.29, 1.82) is 5.26 Å². The van der Waals surface area contributed by atoms with Crippen LogP contribution >= 0.6 is 11.6 Å². The fraction of sp³-hybridized carbons (Fsp3) is 0.333. The minimum atomic E-state index is -0.642. The van der Waals surface area contributed by atoms with Crippen LogP contribution in [0.3, 0.4) is 0 Å². The lowest BCUT2D eigenvalue weighted by Crippen LogP contribution is -2.25. The summed E-state index contributed by atoms with van der Waals surface area (Å²) >= 11 is 6.03. The van der Waals surface area contributed by atoms with E-state index in [-0.39, 0.29) is 24.2 Å². The van der Waals surface area contributed by atoms with Gasteiger partial charge in [-0.15, -0.1) is 0 Å². The van der Waals surface area contributed by atoms with Gasteiger partial charge in [-0.2, -0.15) is 5.26 Å². The lowest BCUT2D eigenvalue weighted by molar-refractivity contribution is -0.141. The molecule has 2 N–H and O–H groups in total. The Morgan fingerprint density at radius 2 is 2.21 bits per heavy atom. The first-order valence-electron chi connectivity index (χ1n) is 8.39. The topological polar surface area (TPSA) is 118 Å². The molecule has 0 unspecified atom stereocenters. The number of carbonyl (C=O) groups is 1. The lowest BCUT2D eigenvalue weighted by Gasteiger charge is -2.18. The van der Waals surface area contributed by atoms with Crippen LogP contribution in [0.25, 0.3) is 0 Å². The maximum absolute atomic E-state index is 12.2. The number of halogens is 1. The second kappa shape index (κ2) is 8.39. The third kappa shape index (κ3) is 5.29. The molecule has 2 amide bonds. The number of urea groups is 1. The molecule has 0 spiro atoms. The van der Waals surface area contributed by atoms with E-state index >= 15 is 0 Å². The number of hydrogen-bond donors (Lipinski definition) is 2. The molecule has 0 saturated carbocycles. The smallest absolute Gasteiger partial charge is 0.325 e. The predicted molar refractivity (Wildman–Crippen MR) is 101 cm³/mol. The second-order valence-electron chi connectivity index (χ2n) is 6.38. The van der Waals surface area contributed by atoms with Crippen molar-refractivity contribution in [2.75, 3.05) is 23.8 Å². The molecule has 1 aromatic heterocycles. The van der Waals surface area contributed by atoms with E-state index in [2.05, 4.69) is 20.6 Å². The molecule has 28 heavy (non-hydrogen) atoms. The molecule has 2 heterocycles. The van der Waals surface area contributed by atoms with Crippen molar-refractivity contribution in [2.24, 2.45) is 0 Å². The van der Waals surface area contributed by atoms with Gasteiger partial charge in [0.2, 0.25) is 0 Å². The summed E-state index contributed by atoms with van der Waals surface area (Å²) in [4.78, 5) is 20.0. The summed E-state index contributed by atoms with van der Waals surface area (Å²) in [5.74, 6) is -0.0181. The number of anilines is 2. The van der Waals surface area contributed by atoms with Crippen molar-refractivity contribution in [3.05, 3.63) is 41.3 Å². The van der Waals surface area contributed by atoms with Gasteiger partial charge < -0.3 is 19.5 Å². The zero-order chi connectivity index (χ0) is 20.1. The Balaban J connectivity index is 1.63. The van der Waals surface area contributed by atoms with Gasteiger partial charge in [0, 0.05) is 5.02 Å². The van der Waals surface area contributed by atoms with E-state index in [1.165, 1.54) is 12.4 Å². The highest BCUT2D eigenvalue weighted by Gasteiger charge is 2.33. The van der Waals surface area contributed by atoms with Gasteiger partial charge in [-0.25, -0.2) is 14.8 Å². The summed E-state index contributed by atoms with van der Waals surface area (Å²) in [5, 5.41) is 14.3. The number of aromatic nitrogens is 2. The molecule has 1 aliphatic heterocycles. The summed E-state index contributed by atoms with van der Waals surface area (Å²) < 4.78 is 17.0. The third-order valence-electron chi connectivity index (χ3n) is 3.69. The molecule has 0 radical (unpaired) electrons. The summed E-state index contributed by atoms with van der Waals surface area (Å²) in [6.07, 6.45) is 2.32. The normalized spacial score (nSPS) is 17.6. The van der Waals surface area contributed by atoms with Gasteiger partial charge >= 0.3 is 6.03 Å². The molecule has 0 aliphatic carbocycles. The molecular weight excluding hydrogens is 386 g/mol. The summed E-state index contributed by atoms with van der Waals surface area (Å²) in [6, 6.07) is 6.16. The Bertz CT molecular complexity index is 898. The van der Waals surface area contributed by atoms with Crippen LogP contribution < -0.4 is 15.4 Å². The molecule has 0 bridgehead atoms. The highest BCUT2D eigenvalue weighted by atomic mass is 35.5. The van der Waals surface area contributed by atoms with Crippen LogP contribution in [0.15, 0.2) is 30.6 Å². The first kappa shape index (κ1) is 19.8. The van der Waals surface area contributed by atoms with Crippen molar-refractivity contribution in [1.82, 2.24) is 9.97 Å². The van der Waals surface area contributed by atoms with Crippen LogP contribution in [0.5, 0.6) is 5.75 Å². The van der Waals surface area contributed by atoms with Gasteiger partial charge in [0.1, 0.15) is 24.5 Å². The van der Waals surface area contributed by atoms with Gasteiger partial charge in [-0.1, -0.05) is 11.6 Å². The quantitative estimate of drug-likeness (QED) is 0.786. The van der Waals surface area contributed by atoms with Crippen molar-refractivity contribution < 1.29 is 19.0 Å². The molecule has 146 valence electrons. The Morgan fingerprint density at radius 1 is 1.39 bits per heavy atom. The molecule has 1 aromatic carbocycles. The number of nitrogens with one attached hydrogen (secondary N) is 2.